The maximum absolute atomic E-state index is 3.89. The van der Waals surface area contributed by atoms with Crippen LogP contribution in [-0.4, -0.2) is 19.0 Å². The molecule has 3 unspecified atom stereocenters. The number of rotatable bonds is 9. The first kappa shape index (κ1) is 32.6. The number of thioether (sulfide) groups is 1. The molecular formula is C42H46N4S. The summed E-state index contributed by atoms with van der Waals surface area (Å²) in [7, 11) is 4.26. The van der Waals surface area contributed by atoms with E-state index in [1.165, 1.54) is 55.1 Å². The molecule has 47 heavy (non-hydrogen) atoms. The van der Waals surface area contributed by atoms with Crippen molar-refractivity contribution in [1.82, 2.24) is 15.5 Å². The van der Waals surface area contributed by atoms with Gasteiger partial charge < -0.3 is 10.6 Å². The lowest BCUT2D eigenvalue weighted by Crippen LogP contribution is -2.39. The summed E-state index contributed by atoms with van der Waals surface area (Å²) < 4.78 is 0. The Morgan fingerprint density at radius 2 is 1.38 bits per heavy atom. The summed E-state index contributed by atoms with van der Waals surface area (Å²) in [6.07, 6.45) is 2.14. The maximum Gasteiger partial charge on any atom is 0.105 e. The first-order valence-corrected chi connectivity index (χ1v) is 17.7. The van der Waals surface area contributed by atoms with E-state index in [2.05, 4.69) is 169 Å². The standard InChI is InChI=1S/C40H40N4S.C2H6/c1-27-14-23-34(24-15-27)41-38(30-10-6-4-7-11-30)43-39(44(2)3)31-19-16-28(17-20-31)33-21-18-29-22-25-36-37(35(29)26-33)42-40(45-36)32-12-8-5-9-13-32;1-2/h4-21,23-24,26,38-43H,22,25H2,1-3H3;1-2H3. The van der Waals surface area contributed by atoms with Gasteiger partial charge in [-0.1, -0.05) is 140 Å². The molecule has 1 heterocycles. The average molecular weight is 639 g/mol. The molecule has 1 aliphatic heterocycles. The highest BCUT2D eigenvalue weighted by atomic mass is 32.2. The van der Waals surface area contributed by atoms with E-state index in [9.17, 15) is 0 Å². The number of hydrogen-bond donors (Lipinski definition) is 3. The molecule has 5 aromatic rings. The number of nitrogens with zero attached hydrogens (tertiary/aromatic N) is 1. The fourth-order valence-corrected chi connectivity index (χ4v) is 7.59. The quantitative estimate of drug-likeness (QED) is 0.140. The van der Waals surface area contributed by atoms with Crippen LogP contribution in [0.25, 0.3) is 16.8 Å². The van der Waals surface area contributed by atoms with Crippen LogP contribution in [0.3, 0.4) is 0 Å². The van der Waals surface area contributed by atoms with Gasteiger partial charge in [0.05, 0.1) is 11.9 Å². The number of anilines is 1. The summed E-state index contributed by atoms with van der Waals surface area (Å²) in [4.78, 5) is 3.72. The van der Waals surface area contributed by atoms with Crippen LogP contribution < -0.4 is 16.0 Å². The van der Waals surface area contributed by atoms with Crippen LogP contribution in [0.15, 0.2) is 132 Å². The largest absolute Gasteiger partial charge is 0.368 e. The summed E-state index contributed by atoms with van der Waals surface area (Å²) in [5, 5.41) is 11.7. The van der Waals surface area contributed by atoms with Crippen LogP contribution in [0.5, 0.6) is 0 Å². The number of nitrogens with one attached hydrogen (secondary N) is 3. The molecule has 4 nitrogen and oxygen atoms in total. The molecule has 0 radical (unpaired) electrons. The highest BCUT2D eigenvalue weighted by Crippen LogP contribution is 2.48. The van der Waals surface area contributed by atoms with Crippen LogP contribution in [0.2, 0.25) is 0 Å². The Bertz CT molecular complexity index is 1780. The first-order chi connectivity index (χ1) is 23.0. The fraction of sp³-hybridized carbons (Fsp3) is 0.238. The monoisotopic (exact) mass is 638 g/mol. The molecule has 0 saturated heterocycles. The number of allylic oxidation sites excluding steroid dienone is 1. The Balaban J connectivity index is 0.00000190. The van der Waals surface area contributed by atoms with E-state index in [0.29, 0.717) is 0 Å². The predicted octanol–water partition coefficient (Wildman–Crippen LogP) is 10.3. The number of benzene rings is 5. The third-order valence-electron chi connectivity index (χ3n) is 8.81. The molecule has 0 fully saturated rings. The SMILES string of the molecule is CC.Cc1ccc(NC(NC(c2ccc(-c3ccc4c(c3)C3=C(CC4)SC(c4ccccc4)N3)cc2)N(C)C)c2ccccc2)cc1. The lowest BCUT2D eigenvalue weighted by Gasteiger charge is -2.32. The molecule has 7 rings (SSSR count). The van der Waals surface area contributed by atoms with Gasteiger partial charge in [-0.15, -0.1) is 0 Å². The van der Waals surface area contributed by atoms with Crippen LogP contribution in [0.1, 0.15) is 71.4 Å². The highest BCUT2D eigenvalue weighted by Gasteiger charge is 2.30. The van der Waals surface area contributed by atoms with Crippen LogP contribution in [-0.2, 0) is 6.42 Å². The second kappa shape index (κ2) is 15.1. The van der Waals surface area contributed by atoms with Crippen molar-refractivity contribution in [3.8, 4) is 11.1 Å². The molecule has 3 atom stereocenters. The van der Waals surface area contributed by atoms with Crippen molar-refractivity contribution in [2.45, 2.75) is 51.3 Å². The van der Waals surface area contributed by atoms with Gasteiger partial charge in [0.25, 0.3) is 0 Å². The molecule has 3 N–H and O–H groups in total. The van der Waals surface area contributed by atoms with E-state index in [-0.39, 0.29) is 17.7 Å². The molecule has 2 aliphatic rings. The summed E-state index contributed by atoms with van der Waals surface area (Å²) in [6.45, 7) is 6.12. The zero-order chi connectivity index (χ0) is 32.8. The van der Waals surface area contributed by atoms with Gasteiger partial charge in [-0.2, -0.15) is 0 Å². The van der Waals surface area contributed by atoms with E-state index in [0.717, 1.165) is 18.5 Å². The molecule has 0 saturated carbocycles. The minimum atomic E-state index is -0.0689. The number of fused-ring (bicyclic) bond motifs is 2. The molecule has 5 heteroatoms. The first-order valence-electron chi connectivity index (χ1n) is 16.8. The number of hydrogen-bond acceptors (Lipinski definition) is 5. The zero-order valence-corrected chi connectivity index (χ0v) is 28.9. The van der Waals surface area contributed by atoms with Crippen molar-refractivity contribution in [2.24, 2.45) is 0 Å². The van der Waals surface area contributed by atoms with E-state index in [1.54, 1.807) is 0 Å². The molecule has 0 bridgehead atoms. The second-order valence-corrected chi connectivity index (χ2v) is 13.4. The summed E-state index contributed by atoms with van der Waals surface area (Å²) >= 11 is 1.98. The molecule has 5 aromatic carbocycles. The van der Waals surface area contributed by atoms with Gasteiger partial charge >= 0.3 is 0 Å². The van der Waals surface area contributed by atoms with Crippen molar-refractivity contribution in [3.05, 3.63) is 166 Å². The lowest BCUT2D eigenvalue weighted by molar-refractivity contribution is 0.234. The molecular weight excluding hydrogens is 593 g/mol. The van der Waals surface area contributed by atoms with E-state index >= 15 is 0 Å². The van der Waals surface area contributed by atoms with Crippen molar-refractivity contribution < 1.29 is 0 Å². The molecule has 1 aliphatic carbocycles. The van der Waals surface area contributed by atoms with Crippen LogP contribution in [0, 0.1) is 6.92 Å². The fourth-order valence-electron chi connectivity index (χ4n) is 6.33. The highest BCUT2D eigenvalue weighted by molar-refractivity contribution is 8.03. The van der Waals surface area contributed by atoms with Crippen molar-refractivity contribution >= 4 is 23.1 Å². The molecule has 240 valence electrons. The van der Waals surface area contributed by atoms with E-state index in [4.69, 9.17) is 0 Å². The Morgan fingerprint density at radius 1 is 0.723 bits per heavy atom. The Morgan fingerprint density at radius 3 is 2.06 bits per heavy atom. The minimum absolute atomic E-state index is 0.00749. The summed E-state index contributed by atoms with van der Waals surface area (Å²) in [5.41, 5.74) is 12.7. The van der Waals surface area contributed by atoms with Gasteiger partial charge in [0, 0.05) is 16.2 Å². The molecule has 0 spiro atoms. The number of aryl methyl sites for hydroxylation is 2. The molecule has 0 aromatic heterocycles. The van der Waals surface area contributed by atoms with Crippen LogP contribution >= 0.6 is 11.8 Å². The van der Waals surface area contributed by atoms with E-state index in [1.807, 2.05) is 25.6 Å². The Hall–Kier alpha value is -4.29. The lowest BCUT2D eigenvalue weighted by atomic mass is 9.90. The summed E-state index contributed by atoms with van der Waals surface area (Å²) in [6, 6.07) is 46.0. The second-order valence-electron chi connectivity index (χ2n) is 12.2. The van der Waals surface area contributed by atoms with Gasteiger partial charge in [0.2, 0.25) is 0 Å². The molecule has 0 amide bonds. The third kappa shape index (κ3) is 7.49. The van der Waals surface area contributed by atoms with Gasteiger partial charge in [0.1, 0.15) is 11.5 Å². The average Bonchev–Trinajstić information content (AvgIpc) is 3.58. The van der Waals surface area contributed by atoms with Gasteiger partial charge in [0.15, 0.2) is 0 Å². The van der Waals surface area contributed by atoms with Crippen molar-refractivity contribution in [3.63, 3.8) is 0 Å². The van der Waals surface area contributed by atoms with Crippen molar-refractivity contribution in [1.29, 1.82) is 0 Å². The van der Waals surface area contributed by atoms with E-state index < -0.39 is 0 Å². The van der Waals surface area contributed by atoms with Crippen LogP contribution in [0.4, 0.5) is 5.69 Å². The Labute approximate surface area is 285 Å². The normalized spacial score (nSPS) is 16.3. The Kier molecular flexibility index (Phi) is 10.5. The van der Waals surface area contributed by atoms with Gasteiger partial charge in [-0.05, 0) is 85.4 Å². The summed E-state index contributed by atoms with van der Waals surface area (Å²) in [5.74, 6) is 0. The van der Waals surface area contributed by atoms with Crippen molar-refractivity contribution in [2.75, 3.05) is 19.4 Å². The topological polar surface area (TPSA) is 39.3 Å². The zero-order valence-electron chi connectivity index (χ0n) is 28.1. The van der Waals surface area contributed by atoms with Gasteiger partial charge in [-0.3, -0.25) is 10.2 Å². The predicted molar refractivity (Wildman–Crippen MR) is 202 cm³/mol. The van der Waals surface area contributed by atoms with Gasteiger partial charge in [-0.25, -0.2) is 0 Å². The third-order valence-corrected chi connectivity index (χ3v) is 10.1. The minimum Gasteiger partial charge on any atom is -0.368 e. The maximum atomic E-state index is 3.89. The smallest absolute Gasteiger partial charge is 0.105 e.